The van der Waals surface area contributed by atoms with Crippen LogP contribution < -0.4 is 4.90 Å². The SMILES string of the molecule is CCN1CCN(C2CCN(c3cc(C)nc(-c4cccc([N+](=O)[O-])c4)n3)C2)CC1. The second-order valence-corrected chi connectivity index (χ2v) is 7.86. The third-order valence-electron chi connectivity index (χ3n) is 6.01. The maximum absolute atomic E-state index is 11.1. The number of nitrogens with zero attached hydrogens (tertiary/aromatic N) is 6. The van der Waals surface area contributed by atoms with Gasteiger partial charge >= 0.3 is 0 Å². The highest BCUT2D eigenvalue weighted by atomic mass is 16.6. The zero-order chi connectivity index (χ0) is 20.4. The van der Waals surface area contributed by atoms with E-state index < -0.39 is 0 Å². The molecule has 3 heterocycles. The normalized spacial score (nSPS) is 20.9. The van der Waals surface area contributed by atoms with Crippen molar-refractivity contribution >= 4 is 11.5 Å². The Morgan fingerprint density at radius 1 is 1.14 bits per heavy atom. The molecular weight excluding hydrogens is 368 g/mol. The van der Waals surface area contributed by atoms with Gasteiger partial charge in [0.05, 0.1) is 4.92 Å². The highest BCUT2D eigenvalue weighted by Crippen LogP contribution is 2.27. The second-order valence-electron chi connectivity index (χ2n) is 7.86. The first-order valence-electron chi connectivity index (χ1n) is 10.4. The minimum atomic E-state index is -0.385. The van der Waals surface area contributed by atoms with E-state index >= 15 is 0 Å². The zero-order valence-electron chi connectivity index (χ0n) is 17.1. The molecule has 1 atom stereocenters. The molecule has 1 aromatic carbocycles. The summed E-state index contributed by atoms with van der Waals surface area (Å²) in [6.45, 7) is 11.8. The van der Waals surface area contributed by atoms with E-state index in [1.807, 2.05) is 19.1 Å². The van der Waals surface area contributed by atoms with Crippen LogP contribution in [-0.2, 0) is 0 Å². The third kappa shape index (κ3) is 4.38. The number of likely N-dealkylation sites (N-methyl/N-ethyl adjacent to an activating group) is 1. The molecule has 2 saturated heterocycles. The number of piperazine rings is 1. The first kappa shape index (κ1) is 19.7. The lowest BCUT2D eigenvalue weighted by Crippen LogP contribution is -2.50. The number of aromatic nitrogens is 2. The van der Waals surface area contributed by atoms with Gasteiger partial charge in [-0.1, -0.05) is 19.1 Å². The summed E-state index contributed by atoms with van der Waals surface area (Å²) in [6.07, 6.45) is 1.14. The van der Waals surface area contributed by atoms with Crippen molar-refractivity contribution < 1.29 is 4.92 Å². The Morgan fingerprint density at radius 2 is 1.93 bits per heavy atom. The van der Waals surface area contributed by atoms with Gasteiger partial charge in [-0.15, -0.1) is 0 Å². The summed E-state index contributed by atoms with van der Waals surface area (Å²) < 4.78 is 0. The van der Waals surface area contributed by atoms with Crippen molar-refractivity contribution in [3.05, 3.63) is 46.1 Å². The molecule has 8 nitrogen and oxygen atoms in total. The molecule has 2 aliphatic rings. The van der Waals surface area contributed by atoms with E-state index in [0.29, 0.717) is 17.4 Å². The fourth-order valence-electron chi connectivity index (χ4n) is 4.29. The fourth-order valence-corrected chi connectivity index (χ4v) is 4.29. The van der Waals surface area contributed by atoms with Crippen molar-refractivity contribution in [3.63, 3.8) is 0 Å². The van der Waals surface area contributed by atoms with Gasteiger partial charge in [-0.25, -0.2) is 9.97 Å². The molecule has 0 saturated carbocycles. The van der Waals surface area contributed by atoms with Gasteiger partial charge in [-0.2, -0.15) is 0 Å². The molecule has 29 heavy (non-hydrogen) atoms. The van der Waals surface area contributed by atoms with Crippen LogP contribution in [0.3, 0.4) is 0 Å². The lowest BCUT2D eigenvalue weighted by atomic mass is 10.2. The van der Waals surface area contributed by atoms with E-state index in [0.717, 1.165) is 63.7 Å². The van der Waals surface area contributed by atoms with Crippen LogP contribution in [0.1, 0.15) is 19.0 Å². The van der Waals surface area contributed by atoms with Crippen LogP contribution in [0.5, 0.6) is 0 Å². The molecule has 2 aliphatic heterocycles. The number of benzene rings is 1. The molecule has 4 rings (SSSR count). The van der Waals surface area contributed by atoms with E-state index in [2.05, 4.69) is 26.6 Å². The van der Waals surface area contributed by atoms with Gasteiger partial charge in [-0.05, 0) is 19.9 Å². The summed E-state index contributed by atoms with van der Waals surface area (Å²) in [4.78, 5) is 27.4. The minimum Gasteiger partial charge on any atom is -0.355 e. The van der Waals surface area contributed by atoms with Crippen LogP contribution in [0, 0.1) is 17.0 Å². The van der Waals surface area contributed by atoms with Crippen molar-refractivity contribution in [2.24, 2.45) is 0 Å². The highest BCUT2D eigenvalue weighted by molar-refractivity contribution is 5.61. The number of anilines is 1. The highest BCUT2D eigenvalue weighted by Gasteiger charge is 2.30. The number of rotatable bonds is 5. The van der Waals surface area contributed by atoms with Crippen LogP contribution in [0.4, 0.5) is 11.5 Å². The van der Waals surface area contributed by atoms with Gasteiger partial charge < -0.3 is 9.80 Å². The Bertz CT molecular complexity index is 881. The van der Waals surface area contributed by atoms with E-state index in [4.69, 9.17) is 4.98 Å². The van der Waals surface area contributed by atoms with Gasteiger partial charge in [0, 0.05) is 74.8 Å². The molecular formula is C21H28N6O2. The quantitative estimate of drug-likeness (QED) is 0.568. The summed E-state index contributed by atoms with van der Waals surface area (Å²) in [5.74, 6) is 1.46. The smallest absolute Gasteiger partial charge is 0.270 e. The van der Waals surface area contributed by atoms with Crippen LogP contribution in [0.2, 0.25) is 0 Å². The predicted octanol–water partition coefficient (Wildman–Crippen LogP) is 2.58. The van der Waals surface area contributed by atoms with Crippen molar-refractivity contribution in [3.8, 4) is 11.4 Å². The lowest BCUT2D eigenvalue weighted by molar-refractivity contribution is -0.384. The van der Waals surface area contributed by atoms with Crippen molar-refractivity contribution in [1.29, 1.82) is 0 Å². The number of aryl methyl sites for hydroxylation is 1. The van der Waals surface area contributed by atoms with Gasteiger partial charge in [0.1, 0.15) is 5.82 Å². The van der Waals surface area contributed by atoms with E-state index in [1.54, 1.807) is 12.1 Å². The minimum absolute atomic E-state index is 0.0571. The molecule has 2 fully saturated rings. The van der Waals surface area contributed by atoms with E-state index in [1.165, 1.54) is 6.07 Å². The first-order chi connectivity index (χ1) is 14.0. The maximum atomic E-state index is 11.1. The van der Waals surface area contributed by atoms with Crippen LogP contribution in [0.15, 0.2) is 30.3 Å². The van der Waals surface area contributed by atoms with Gasteiger partial charge in [0.25, 0.3) is 5.69 Å². The molecule has 0 radical (unpaired) electrons. The Balaban J connectivity index is 1.50. The van der Waals surface area contributed by atoms with Gasteiger partial charge in [0.2, 0.25) is 0 Å². The van der Waals surface area contributed by atoms with Crippen LogP contribution >= 0.6 is 0 Å². The monoisotopic (exact) mass is 396 g/mol. The largest absolute Gasteiger partial charge is 0.355 e. The molecule has 0 bridgehead atoms. The molecule has 1 aromatic heterocycles. The number of hydrogen-bond acceptors (Lipinski definition) is 7. The zero-order valence-corrected chi connectivity index (χ0v) is 17.1. The summed E-state index contributed by atoms with van der Waals surface area (Å²) in [7, 11) is 0. The number of non-ortho nitro benzene ring substituents is 1. The molecule has 2 aromatic rings. The lowest BCUT2D eigenvalue weighted by Gasteiger charge is -2.37. The van der Waals surface area contributed by atoms with Crippen LogP contribution in [0.25, 0.3) is 11.4 Å². The molecule has 0 aliphatic carbocycles. The predicted molar refractivity (Wildman–Crippen MR) is 113 cm³/mol. The molecule has 154 valence electrons. The number of nitro benzene ring substituents is 1. The van der Waals surface area contributed by atoms with E-state index in [-0.39, 0.29) is 10.6 Å². The number of nitro groups is 1. The maximum Gasteiger partial charge on any atom is 0.270 e. The molecule has 8 heteroatoms. The summed E-state index contributed by atoms with van der Waals surface area (Å²) in [5, 5.41) is 11.1. The Hall–Kier alpha value is -2.58. The van der Waals surface area contributed by atoms with Crippen molar-refractivity contribution in [1.82, 2.24) is 19.8 Å². The van der Waals surface area contributed by atoms with Crippen molar-refractivity contribution in [2.45, 2.75) is 26.3 Å². The molecule has 0 N–H and O–H groups in total. The summed E-state index contributed by atoms with van der Waals surface area (Å²) in [5.41, 5.74) is 1.61. The average Bonchev–Trinajstić information content (AvgIpc) is 3.24. The standard InChI is InChI=1S/C21H28N6O2/c1-3-24-9-11-25(12-10-24)19-7-8-26(15-19)20-13-16(2)22-21(23-20)17-5-4-6-18(14-17)27(28)29/h4-6,13-14,19H,3,7-12,15H2,1-2H3. The second kappa shape index (κ2) is 8.42. The topological polar surface area (TPSA) is 78.6 Å². The van der Waals surface area contributed by atoms with Gasteiger partial charge in [0.15, 0.2) is 5.82 Å². The fraction of sp³-hybridized carbons (Fsp3) is 0.524. The summed E-state index contributed by atoms with van der Waals surface area (Å²) in [6, 6.07) is 9.11. The first-order valence-corrected chi connectivity index (χ1v) is 10.4. The van der Waals surface area contributed by atoms with Crippen molar-refractivity contribution in [2.75, 3.05) is 50.7 Å². The molecule has 0 spiro atoms. The Kier molecular flexibility index (Phi) is 5.73. The average molecular weight is 396 g/mol. The van der Waals surface area contributed by atoms with Crippen LogP contribution in [-0.4, -0.2) is 76.5 Å². The number of hydrogen-bond donors (Lipinski definition) is 0. The molecule has 1 unspecified atom stereocenters. The Morgan fingerprint density at radius 3 is 2.66 bits per heavy atom. The van der Waals surface area contributed by atoms with Gasteiger partial charge in [-0.3, -0.25) is 15.0 Å². The third-order valence-corrected chi connectivity index (χ3v) is 6.01. The summed E-state index contributed by atoms with van der Waals surface area (Å²) >= 11 is 0. The Labute approximate surface area is 171 Å². The van der Waals surface area contributed by atoms with E-state index in [9.17, 15) is 10.1 Å². The molecule has 0 amide bonds.